The van der Waals surface area contributed by atoms with Crippen LogP contribution in [0.4, 0.5) is 11.4 Å². The molecule has 0 atom stereocenters. The average Bonchev–Trinajstić information content (AvgIpc) is 2.59. The first kappa shape index (κ1) is 17.3. The summed E-state index contributed by atoms with van der Waals surface area (Å²) in [7, 11) is -3.83. The quantitative estimate of drug-likeness (QED) is 0.436. The van der Waals surface area contributed by atoms with E-state index >= 15 is 0 Å². The Kier molecular flexibility index (Phi) is 5.41. The standard InChI is InChI=1S/C14H13N5O4S/c15-9-11-4-5-12(10-17-11)16-6-7-18-24(22,23)14-3-1-2-13(8-14)19(20)21/h1-5,8,10,16,18H,6-7H2. The highest BCUT2D eigenvalue weighted by molar-refractivity contribution is 7.89. The molecule has 2 aromatic rings. The van der Waals surface area contributed by atoms with E-state index in [2.05, 4.69) is 15.0 Å². The van der Waals surface area contributed by atoms with Gasteiger partial charge in [0.2, 0.25) is 10.0 Å². The van der Waals surface area contributed by atoms with Crippen molar-refractivity contribution in [3.63, 3.8) is 0 Å². The highest BCUT2D eigenvalue weighted by atomic mass is 32.2. The van der Waals surface area contributed by atoms with Gasteiger partial charge in [0.15, 0.2) is 0 Å². The maximum Gasteiger partial charge on any atom is 0.270 e. The van der Waals surface area contributed by atoms with E-state index < -0.39 is 14.9 Å². The van der Waals surface area contributed by atoms with Crippen molar-refractivity contribution in [2.45, 2.75) is 4.90 Å². The summed E-state index contributed by atoms with van der Waals surface area (Å²) >= 11 is 0. The van der Waals surface area contributed by atoms with Crippen LogP contribution in [0.25, 0.3) is 0 Å². The van der Waals surface area contributed by atoms with Crippen molar-refractivity contribution in [3.8, 4) is 6.07 Å². The molecule has 0 aliphatic heterocycles. The minimum absolute atomic E-state index is 0.0744. The fourth-order valence-electron chi connectivity index (χ4n) is 1.80. The molecule has 1 aromatic carbocycles. The van der Waals surface area contributed by atoms with E-state index in [9.17, 15) is 18.5 Å². The molecule has 9 nitrogen and oxygen atoms in total. The molecule has 2 N–H and O–H groups in total. The summed E-state index contributed by atoms with van der Waals surface area (Å²) in [5, 5.41) is 22.3. The molecule has 1 heterocycles. The molecule has 0 saturated heterocycles. The van der Waals surface area contributed by atoms with Gasteiger partial charge in [-0.05, 0) is 18.2 Å². The van der Waals surface area contributed by atoms with Crippen LogP contribution in [0.3, 0.4) is 0 Å². The summed E-state index contributed by atoms with van der Waals surface area (Å²) in [5.74, 6) is 0. The van der Waals surface area contributed by atoms with Crippen molar-refractivity contribution in [2.75, 3.05) is 18.4 Å². The molecule has 0 fully saturated rings. The van der Waals surface area contributed by atoms with E-state index in [1.165, 1.54) is 30.5 Å². The number of aromatic nitrogens is 1. The van der Waals surface area contributed by atoms with E-state index in [0.29, 0.717) is 5.69 Å². The van der Waals surface area contributed by atoms with Crippen molar-refractivity contribution in [1.82, 2.24) is 9.71 Å². The summed E-state index contributed by atoms with van der Waals surface area (Å²) in [6.45, 7) is 0.354. The van der Waals surface area contributed by atoms with Crippen LogP contribution in [0.2, 0.25) is 0 Å². The Morgan fingerprint density at radius 1 is 1.25 bits per heavy atom. The van der Waals surface area contributed by atoms with E-state index in [-0.39, 0.29) is 29.4 Å². The van der Waals surface area contributed by atoms with Crippen LogP contribution in [0.5, 0.6) is 0 Å². The van der Waals surface area contributed by atoms with Gasteiger partial charge in [0.1, 0.15) is 11.8 Å². The van der Waals surface area contributed by atoms with Gasteiger partial charge in [-0.1, -0.05) is 6.07 Å². The highest BCUT2D eigenvalue weighted by Gasteiger charge is 2.16. The number of nitro benzene ring substituents is 1. The van der Waals surface area contributed by atoms with E-state index in [1.807, 2.05) is 6.07 Å². The molecule has 0 spiro atoms. The number of non-ortho nitro benzene ring substituents is 1. The Bertz CT molecular complexity index is 875. The predicted octanol–water partition coefficient (Wildman–Crippen LogP) is 1.25. The third-order valence-electron chi connectivity index (χ3n) is 2.96. The van der Waals surface area contributed by atoms with Crippen molar-refractivity contribution < 1.29 is 13.3 Å². The average molecular weight is 347 g/mol. The van der Waals surface area contributed by atoms with Crippen LogP contribution in [0, 0.1) is 21.4 Å². The van der Waals surface area contributed by atoms with Gasteiger partial charge in [-0.3, -0.25) is 10.1 Å². The second-order valence-electron chi connectivity index (χ2n) is 4.62. The predicted molar refractivity (Wildman–Crippen MR) is 85.7 cm³/mol. The van der Waals surface area contributed by atoms with E-state index in [0.717, 1.165) is 6.07 Å². The topological polar surface area (TPSA) is 138 Å². The maximum atomic E-state index is 12.1. The lowest BCUT2D eigenvalue weighted by Crippen LogP contribution is -2.29. The zero-order valence-electron chi connectivity index (χ0n) is 12.3. The Morgan fingerprint density at radius 3 is 2.67 bits per heavy atom. The molecule has 1 aromatic heterocycles. The molecule has 0 bridgehead atoms. The Hall–Kier alpha value is -3.03. The first-order valence-electron chi connectivity index (χ1n) is 6.76. The van der Waals surface area contributed by atoms with Crippen LogP contribution in [0.15, 0.2) is 47.5 Å². The van der Waals surface area contributed by atoms with Crippen LogP contribution in [-0.2, 0) is 10.0 Å². The second-order valence-corrected chi connectivity index (χ2v) is 6.39. The van der Waals surface area contributed by atoms with Crippen LogP contribution >= 0.6 is 0 Å². The van der Waals surface area contributed by atoms with Crippen LogP contribution < -0.4 is 10.0 Å². The zero-order valence-corrected chi connectivity index (χ0v) is 13.2. The molecule has 2 rings (SSSR count). The number of nitriles is 1. The Labute approximate surface area is 138 Å². The first-order valence-corrected chi connectivity index (χ1v) is 8.25. The fourth-order valence-corrected chi connectivity index (χ4v) is 2.88. The molecule has 124 valence electrons. The van der Waals surface area contributed by atoms with Crippen LogP contribution in [-0.4, -0.2) is 31.4 Å². The van der Waals surface area contributed by atoms with Gasteiger partial charge < -0.3 is 5.32 Å². The molecule has 0 amide bonds. The Balaban J connectivity index is 1.92. The molecule has 0 aliphatic carbocycles. The smallest absolute Gasteiger partial charge is 0.270 e. The summed E-state index contributed by atoms with van der Waals surface area (Å²) in [6.07, 6.45) is 1.47. The summed E-state index contributed by atoms with van der Waals surface area (Å²) in [4.78, 5) is 13.7. The molecular weight excluding hydrogens is 334 g/mol. The number of nitrogens with zero attached hydrogens (tertiary/aromatic N) is 3. The third kappa shape index (κ3) is 4.48. The van der Waals surface area contributed by atoms with Gasteiger partial charge >= 0.3 is 0 Å². The van der Waals surface area contributed by atoms with Crippen molar-refractivity contribution in [2.24, 2.45) is 0 Å². The number of nitro groups is 1. The lowest BCUT2D eigenvalue weighted by molar-refractivity contribution is -0.385. The van der Waals surface area contributed by atoms with Crippen LogP contribution in [0.1, 0.15) is 5.69 Å². The lowest BCUT2D eigenvalue weighted by Gasteiger charge is -2.08. The second kappa shape index (κ2) is 7.49. The van der Waals surface area contributed by atoms with Gasteiger partial charge in [0.25, 0.3) is 5.69 Å². The molecule has 0 aliphatic rings. The SMILES string of the molecule is N#Cc1ccc(NCCNS(=O)(=O)c2cccc([N+](=O)[O-])c2)cn1. The molecule has 0 unspecified atom stereocenters. The summed E-state index contributed by atoms with van der Waals surface area (Å²) in [5.41, 5.74) is 0.634. The monoisotopic (exact) mass is 347 g/mol. The van der Waals surface area contributed by atoms with Gasteiger partial charge in [0, 0.05) is 25.2 Å². The number of hydrogen-bond donors (Lipinski definition) is 2. The van der Waals surface area contributed by atoms with Gasteiger partial charge in [-0.2, -0.15) is 5.26 Å². The minimum Gasteiger partial charge on any atom is -0.382 e. The van der Waals surface area contributed by atoms with Gasteiger partial charge in [0.05, 0.1) is 21.7 Å². The van der Waals surface area contributed by atoms with Gasteiger partial charge in [-0.25, -0.2) is 18.1 Å². The number of anilines is 1. The zero-order chi connectivity index (χ0) is 17.6. The molecule has 24 heavy (non-hydrogen) atoms. The van der Waals surface area contributed by atoms with E-state index in [4.69, 9.17) is 5.26 Å². The van der Waals surface area contributed by atoms with Gasteiger partial charge in [-0.15, -0.1) is 0 Å². The minimum atomic E-state index is -3.83. The first-order chi connectivity index (χ1) is 11.4. The Morgan fingerprint density at radius 2 is 2.04 bits per heavy atom. The maximum absolute atomic E-state index is 12.1. The molecular formula is C14H13N5O4S. The highest BCUT2D eigenvalue weighted by Crippen LogP contribution is 2.16. The largest absolute Gasteiger partial charge is 0.382 e. The number of benzene rings is 1. The normalized spacial score (nSPS) is 10.8. The number of sulfonamides is 1. The third-order valence-corrected chi connectivity index (χ3v) is 4.42. The van der Waals surface area contributed by atoms with Crippen molar-refractivity contribution in [3.05, 3.63) is 58.4 Å². The number of rotatable bonds is 7. The molecule has 0 radical (unpaired) electrons. The summed E-state index contributed by atoms with van der Waals surface area (Å²) < 4.78 is 26.5. The van der Waals surface area contributed by atoms with Crippen molar-refractivity contribution in [1.29, 1.82) is 5.26 Å². The lowest BCUT2D eigenvalue weighted by atomic mass is 10.3. The van der Waals surface area contributed by atoms with Crippen molar-refractivity contribution >= 4 is 21.4 Å². The molecule has 10 heteroatoms. The summed E-state index contributed by atoms with van der Waals surface area (Å²) in [6, 6.07) is 9.90. The molecule has 0 saturated carbocycles. The van der Waals surface area contributed by atoms with E-state index in [1.54, 1.807) is 6.07 Å². The number of pyridine rings is 1. The number of nitrogens with one attached hydrogen (secondary N) is 2. The number of hydrogen-bond acceptors (Lipinski definition) is 7. The fraction of sp³-hybridized carbons (Fsp3) is 0.143.